The molecule has 1 saturated carbocycles. The molecule has 23 heavy (non-hydrogen) atoms. The predicted molar refractivity (Wildman–Crippen MR) is 94.2 cm³/mol. The van der Waals surface area contributed by atoms with Crippen molar-refractivity contribution in [2.75, 3.05) is 26.2 Å². The lowest BCUT2D eigenvalue weighted by Gasteiger charge is -2.40. The van der Waals surface area contributed by atoms with Crippen molar-refractivity contribution < 1.29 is 9.90 Å². The Labute approximate surface area is 142 Å². The van der Waals surface area contributed by atoms with Crippen LogP contribution in [0.15, 0.2) is 0 Å². The molecule has 1 saturated heterocycles. The topological polar surface area (TPSA) is 52.6 Å². The average molecular weight is 325 g/mol. The molecular formula is C19H36N2O2. The van der Waals surface area contributed by atoms with Gasteiger partial charge in [0.2, 0.25) is 5.91 Å². The molecule has 2 N–H and O–H groups in total. The van der Waals surface area contributed by atoms with Crippen molar-refractivity contribution in [3.05, 3.63) is 0 Å². The monoisotopic (exact) mass is 324 g/mol. The molecule has 0 aromatic rings. The number of carbonyl (C=O) groups is 1. The van der Waals surface area contributed by atoms with Gasteiger partial charge in [0, 0.05) is 31.7 Å². The van der Waals surface area contributed by atoms with Crippen LogP contribution in [0.3, 0.4) is 0 Å². The highest BCUT2D eigenvalue weighted by Gasteiger charge is 2.30. The van der Waals surface area contributed by atoms with E-state index in [4.69, 9.17) is 5.11 Å². The number of amides is 1. The molecule has 4 heteroatoms. The van der Waals surface area contributed by atoms with Crippen molar-refractivity contribution in [1.82, 2.24) is 10.2 Å². The number of piperidine rings is 1. The molecule has 2 fully saturated rings. The van der Waals surface area contributed by atoms with Gasteiger partial charge in [-0.2, -0.15) is 0 Å². The van der Waals surface area contributed by atoms with E-state index in [0.29, 0.717) is 12.0 Å². The van der Waals surface area contributed by atoms with E-state index in [2.05, 4.69) is 10.2 Å². The van der Waals surface area contributed by atoms with Gasteiger partial charge in [-0.1, -0.05) is 33.1 Å². The predicted octanol–water partition coefficient (Wildman–Crippen LogP) is 2.80. The lowest BCUT2D eigenvalue weighted by Crippen LogP contribution is -2.53. The van der Waals surface area contributed by atoms with Crippen LogP contribution in [0.2, 0.25) is 0 Å². The molecule has 134 valence electrons. The van der Waals surface area contributed by atoms with Crippen LogP contribution >= 0.6 is 0 Å². The maximum Gasteiger partial charge on any atom is 0.225 e. The van der Waals surface area contributed by atoms with Gasteiger partial charge in [-0.3, -0.25) is 4.79 Å². The van der Waals surface area contributed by atoms with Crippen molar-refractivity contribution in [1.29, 1.82) is 0 Å². The molecule has 1 amide bonds. The first-order valence-corrected chi connectivity index (χ1v) is 9.73. The van der Waals surface area contributed by atoms with Gasteiger partial charge in [-0.15, -0.1) is 0 Å². The fourth-order valence-electron chi connectivity index (χ4n) is 4.21. The summed E-state index contributed by atoms with van der Waals surface area (Å²) in [5, 5.41) is 12.9. The maximum absolute atomic E-state index is 12.4. The number of likely N-dealkylation sites (tertiary alicyclic amines) is 1. The number of nitrogens with one attached hydrogen (secondary N) is 1. The molecule has 0 spiro atoms. The van der Waals surface area contributed by atoms with Gasteiger partial charge in [0.25, 0.3) is 0 Å². The Morgan fingerprint density at radius 1 is 1.17 bits per heavy atom. The highest BCUT2D eigenvalue weighted by Crippen LogP contribution is 2.25. The minimum Gasteiger partial charge on any atom is -0.396 e. The second-order valence-electron chi connectivity index (χ2n) is 7.97. The highest BCUT2D eigenvalue weighted by molar-refractivity contribution is 5.78. The minimum atomic E-state index is 0.0746. The van der Waals surface area contributed by atoms with Crippen LogP contribution in [0.25, 0.3) is 0 Å². The molecule has 4 nitrogen and oxygen atoms in total. The van der Waals surface area contributed by atoms with E-state index >= 15 is 0 Å². The van der Waals surface area contributed by atoms with E-state index in [1.165, 1.54) is 32.1 Å². The van der Waals surface area contributed by atoms with Gasteiger partial charge in [-0.25, -0.2) is 0 Å². The van der Waals surface area contributed by atoms with Gasteiger partial charge in [0.05, 0.1) is 0 Å². The molecule has 2 aliphatic rings. The zero-order chi connectivity index (χ0) is 16.7. The van der Waals surface area contributed by atoms with E-state index < -0.39 is 0 Å². The number of rotatable bonds is 7. The Bertz CT molecular complexity index is 353. The Morgan fingerprint density at radius 2 is 1.91 bits per heavy atom. The average Bonchev–Trinajstić information content (AvgIpc) is 2.58. The van der Waals surface area contributed by atoms with Crippen LogP contribution in [0.5, 0.6) is 0 Å². The van der Waals surface area contributed by atoms with Gasteiger partial charge in [0.1, 0.15) is 0 Å². The summed E-state index contributed by atoms with van der Waals surface area (Å²) in [6.07, 6.45) is 9.92. The summed E-state index contributed by atoms with van der Waals surface area (Å²) in [4.78, 5) is 14.5. The Kier molecular flexibility index (Phi) is 7.84. The summed E-state index contributed by atoms with van der Waals surface area (Å²) >= 11 is 0. The molecule has 0 aromatic carbocycles. The van der Waals surface area contributed by atoms with Crippen molar-refractivity contribution in [2.24, 2.45) is 17.8 Å². The second kappa shape index (κ2) is 9.63. The van der Waals surface area contributed by atoms with Gasteiger partial charge < -0.3 is 15.3 Å². The number of aliphatic hydroxyl groups excluding tert-OH is 1. The normalized spacial score (nSPS) is 26.7. The van der Waals surface area contributed by atoms with Crippen molar-refractivity contribution in [3.8, 4) is 0 Å². The lowest BCUT2D eigenvalue weighted by atomic mass is 9.87. The Morgan fingerprint density at radius 3 is 2.57 bits per heavy atom. The van der Waals surface area contributed by atoms with E-state index in [0.717, 1.165) is 44.8 Å². The van der Waals surface area contributed by atoms with Crippen molar-refractivity contribution in [2.45, 2.75) is 71.3 Å². The first kappa shape index (κ1) is 18.7. The fraction of sp³-hybridized carbons (Fsp3) is 0.947. The maximum atomic E-state index is 12.4. The SMILES string of the molecule is CC(C)C(=O)N1CC(CCCO)CC(NCC2CCCCC2)C1. The summed E-state index contributed by atoms with van der Waals surface area (Å²) in [5.74, 6) is 1.71. The molecule has 2 unspecified atom stereocenters. The zero-order valence-electron chi connectivity index (χ0n) is 15.1. The smallest absolute Gasteiger partial charge is 0.225 e. The van der Waals surface area contributed by atoms with Crippen LogP contribution < -0.4 is 5.32 Å². The summed E-state index contributed by atoms with van der Waals surface area (Å²) in [7, 11) is 0. The molecule has 1 heterocycles. The number of carbonyl (C=O) groups excluding carboxylic acids is 1. The first-order chi connectivity index (χ1) is 11.1. The van der Waals surface area contributed by atoms with Gasteiger partial charge >= 0.3 is 0 Å². The first-order valence-electron chi connectivity index (χ1n) is 9.73. The van der Waals surface area contributed by atoms with Gasteiger partial charge in [-0.05, 0) is 50.5 Å². The minimum absolute atomic E-state index is 0.0746. The van der Waals surface area contributed by atoms with E-state index in [1.54, 1.807) is 0 Å². The molecule has 0 radical (unpaired) electrons. The fourth-order valence-corrected chi connectivity index (χ4v) is 4.21. The van der Waals surface area contributed by atoms with Crippen LogP contribution in [0.1, 0.15) is 65.2 Å². The number of aliphatic hydroxyl groups is 1. The number of hydrogen-bond acceptors (Lipinski definition) is 3. The third-order valence-corrected chi connectivity index (χ3v) is 5.53. The van der Waals surface area contributed by atoms with E-state index in [9.17, 15) is 4.79 Å². The Balaban J connectivity index is 1.86. The number of hydrogen-bond donors (Lipinski definition) is 2. The molecule has 1 aliphatic carbocycles. The third kappa shape index (κ3) is 6.07. The standard InChI is InChI=1S/C19H36N2O2/c1-15(2)19(23)21-13-17(9-6-10-22)11-18(14-21)20-12-16-7-4-3-5-8-16/h15-18,20,22H,3-14H2,1-2H3. The molecule has 0 bridgehead atoms. The summed E-state index contributed by atoms with van der Waals surface area (Å²) in [5.41, 5.74) is 0. The van der Waals surface area contributed by atoms with E-state index in [-0.39, 0.29) is 18.4 Å². The molecule has 1 aliphatic heterocycles. The lowest BCUT2D eigenvalue weighted by molar-refractivity contribution is -0.137. The van der Waals surface area contributed by atoms with Crippen molar-refractivity contribution >= 4 is 5.91 Å². The van der Waals surface area contributed by atoms with Crippen LogP contribution in [-0.2, 0) is 4.79 Å². The summed E-state index contributed by atoms with van der Waals surface area (Å²) in [6, 6.07) is 0.428. The summed E-state index contributed by atoms with van der Waals surface area (Å²) in [6.45, 7) is 7.09. The zero-order valence-corrected chi connectivity index (χ0v) is 15.1. The highest BCUT2D eigenvalue weighted by atomic mass is 16.2. The van der Waals surface area contributed by atoms with Crippen LogP contribution in [0, 0.1) is 17.8 Å². The molecular weight excluding hydrogens is 288 g/mol. The third-order valence-electron chi connectivity index (χ3n) is 5.53. The van der Waals surface area contributed by atoms with Gasteiger partial charge in [0.15, 0.2) is 0 Å². The van der Waals surface area contributed by atoms with Crippen LogP contribution in [0.4, 0.5) is 0 Å². The Hall–Kier alpha value is -0.610. The molecule has 2 rings (SSSR count). The van der Waals surface area contributed by atoms with Crippen molar-refractivity contribution in [3.63, 3.8) is 0 Å². The molecule has 2 atom stereocenters. The number of nitrogens with zero attached hydrogens (tertiary/aromatic N) is 1. The van der Waals surface area contributed by atoms with Crippen LogP contribution in [-0.4, -0.2) is 48.2 Å². The quantitative estimate of drug-likeness (QED) is 0.757. The largest absolute Gasteiger partial charge is 0.396 e. The molecule has 0 aromatic heterocycles. The van der Waals surface area contributed by atoms with E-state index in [1.807, 2.05) is 13.8 Å². The second-order valence-corrected chi connectivity index (χ2v) is 7.97. The summed E-state index contributed by atoms with van der Waals surface area (Å²) < 4.78 is 0.